The molecule has 0 fully saturated rings. The van der Waals surface area contributed by atoms with E-state index in [1.165, 1.54) is 18.6 Å². The second-order valence-electron chi connectivity index (χ2n) is 4.68. The Kier molecular flexibility index (Phi) is 4.67. The van der Waals surface area contributed by atoms with Crippen LogP contribution in [0.3, 0.4) is 0 Å². The van der Waals surface area contributed by atoms with Crippen LogP contribution in [0.1, 0.15) is 36.1 Å². The topological polar surface area (TPSA) is 25.2 Å². The summed E-state index contributed by atoms with van der Waals surface area (Å²) in [7, 11) is 0. The molecule has 0 saturated heterocycles. The minimum absolute atomic E-state index is 0.346. The van der Waals surface area contributed by atoms with E-state index in [0.717, 1.165) is 18.6 Å². The average molecular weight is 301 g/mol. The second kappa shape index (κ2) is 6.30. The molecule has 2 aromatic rings. The maximum Gasteiger partial charge on any atom is 0.419 e. The molecular formula is C15H15F4NO. The van der Waals surface area contributed by atoms with Crippen molar-refractivity contribution >= 4 is 0 Å². The molecule has 0 aliphatic heterocycles. The number of benzene rings is 1. The van der Waals surface area contributed by atoms with Gasteiger partial charge < -0.3 is 9.73 Å². The van der Waals surface area contributed by atoms with Gasteiger partial charge in [-0.25, -0.2) is 4.39 Å². The van der Waals surface area contributed by atoms with Gasteiger partial charge in [-0.3, -0.25) is 0 Å². The van der Waals surface area contributed by atoms with Crippen LogP contribution < -0.4 is 5.32 Å². The fourth-order valence-corrected chi connectivity index (χ4v) is 2.10. The molecular weight excluding hydrogens is 286 g/mol. The Morgan fingerprint density at radius 2 is 1.95 bits per heavy atom. The van der Waals surface area contributed by atoms with Crippen molar-refractivity contribution in [3.8, 4) is 0 Å². The first-order chi connectivity index (χ1) is 9.93. The largest absolute Gasteiger partial charge is 0.472 e. The van der Waals surface area contributed by atoms with Gasteiger partial charge in [-0.1, -0.05) is 13.0 Å². The number of rotatable bonds is 5. The third-order valence-electron chi connectivity index (χ3n) is 3.10. The number of hydrogen-bond acceptors (Lipinski definition) is 2. The second-order valence-corrected chi connectivity index (χ2v) is 4.68. The fourth-order valence-electron chi connectivity index (χ4n) is 2.10. The molecule has 0 radical (unpaired) electrons. The van der Waals surface area contributed by atoms with Crippen molar-refractivity contribution in [1.82, 2.24) is 5.32 Å². The van der Waals surface area contributed by atoms with Gasteiger partial charge in [-0.2, -0.15) is 13.2 Å². The van der Waals surface area contributed by atoms with E-state index in [4.69, 9.17) is 4.42 Å². The van der Waals surface area contributed by atoms with Gasteiger partial charge in [0.2, 0.25) is 0 Å². The summed E-state index contributed by atoms with van der Waals surface area (Å²) in [4.78, 5) is 0. The lowest BCUT2D eigenvalue weighted by Gasteiger charge is -2.19. The number of hydrogen-bond donors (Lipinski definition) is 1. The van der Waals surface area contributed by atoms with E-state index in [9.17, 15) is 17.6 Å². The molecule has 0 spiro atoms. The minimum atomic E-state index is -4.72. The summed E-state index contributed by atoms with van der Waals surface area (Å²) >= 11 is 0. The van der Waals surface area contributed by atoms with Crippen molar-refractivity contribution in [2.24, 2.45) is 0 Å². The third-order valence-corrected chi connectivity index (χ3v) is 3.10. The first kappa shape index (κ1) is 15.6. The summed E-state index contributed by atoms with van der Waals surface area (Å²) in [6.45, 7) is 2.57. The lowest BCUT2D eigenvalue weighted by Crippen LogP contribution is -2.23. The van der Waals surface area contributed by atoms with Crippen molar-refractivity contribution in [1.29, 1.82) is 0 Å². The zero-order valence-electron chi connectivity index (χ0n) is 11.4. The summed E-state index contributed by atoms with van der Waals surface area (Å²) in [5, 5.41) is 3.14. The minimum Gasteiger partial charge on any atom is -0.472 e. The molecule has 6 heteroatoms. The van der Waals surface area contributed by atoms with E-state index in [1.54, 1.807) is 6.07 Å². The van der Waals surface area contributed by atoms with Gasteiger partial charge in [0.15, 0.2) is 0 Å². The molecule has 1 heterocycles. The van der Waals surface area contributed by atoms with E-state index >= 15 is 0 Å². The Labute approximate surface area is 119 Å². The van der Waals surface area contributed by atoms with Gasteiger partial charge >= 0.3 is 6.18 Å². The zero-order chi connectivity index (χ0) is 15.5. The predicted molar refractivity (Wildman–Crippen MR) is 70.2 cm³/mol. The fraction of sp³-hybridized carbons (Fsp3) is 0.333. The summed E-state index contributed by atoms with van der Waals surface area (Å²) in [6, 6.07) is 4.24. The highest BCUT2D eigenvalue weighted by molar-refractivity contribution is 5.34. The van der Waals surface area contributed by atoms with Crippen LogP contribution in [0.25, 0.3) is 0 Å². The SMILES string of the molecule is CCCNC(c1ccoc1)c1ccc(F)c(C(F)(F)F)c1. The number of alkyl halides is 3. The Morgan fingerprint density at radius 3 is 2.52 bits per heavy atom. The molecule has 1 aromatic heterocycles. The summed E-state index contributed by atoms with van der Waals surface area (Å²) in [6.07, 6.45) is -0.985. The maximum absolute atomic E-state index is 13.4. The molecule has 0 amide bonds. The van der Waals surface area contributed by atoms with E-state index in [0.29, 0.717) is 17.7 Å². The molecule has 1 N–H and O–H groups in total. The molecule has 0 saturated carbocycles. The van der Waals surface area contributed by atoms with Gasteiger partial charge in [-0.15, -0.1) is 0 Å². The highest BCUT2D eigenvalue weighted by Crippen LogP contribution is 2.34. The van der Waals surface area contributed by atoms with Gasteiger partial charge in [0.05, 0.1) is 24.1 Å². The molecule has 1 atom stereocenters. The standard InChI is InChI=1S/C15H15F4NO/c1-2-6-20-14(11-5-7-21-9-11)10-3-4-13(16)12(8-10)15(17,18)19/h3-5,7-9,14,20H,2,6H2,1H3. The molecule has 0 aliphatic carbocycles. The predicted octanol–water partition coefficient (Wildman–Crippen LogP) is 4.53. The Hall–Kier alpha value is -1.82. The van der Waals surface area contributed by atoms with Crippen LogP contribution in [-0.4, -0.2) is 6.54 Å². The van der Waals surface area contributed by atoms with Crippen LogP contribution >= 0.6 is 0 Å². The van der Waals surface area contributed by atoms with Crippen molar-refractivity contribution in [2.75, 3.05) is 6.54 Å². The van der Waals surface area contributed by atoms with Crippen LogP contribution in [0.5, 0.6) is 0 Å². The van der Waals surface area contributed by atoms with Gasteiger partial charge in [0, 0.05) is 5.56 Å². The Bertz CT molecular complexity index is 578. The number of halogens is 4. The van der Waals surface area contributed by atoms with E-state index in [1.807, 2.05) is 6.92 Å². The zero-order valence-corrected chi connectivity index (χ0v) is 11.4. The van der Waals surface area contributed by atoms with Crippen LogP contribution in [-0.2, 0) is 6.18 Å². The first-order valence-corrected chi connectivity index (χ1v) is 6.55. The molecule has 2 nitrogen and oxygen atoms in total. The van der Waals surface area contributed by atoms with Gasteiger partial charge in [-0.05, 0) is 36.7 Å². The van der Waals surface area contributed by atoms with Gasteiger partial charge in [0.25, 0.3) is 0 Å². The van der Waals surface area contributed by atoms with E-state index < -0.39 is 23.6 Å². The molecule has 1 unspecified atom stereocenters. The average Bonchev–Trinajstić information content (AvgIpc) is 2.93. The van der Waals surface area contributed by atoms with Crippen LogP contribution in [0.2, 0.25) is 0 Å². The maximum atomic E-state index is 13.4. The van der Waals surface area contributed by atoms with Crippen LogP contribution in [0, 0.1) is 5.82 Å². The van der Waals surface area contributed by atoms with Crippen molar-refractivity contribution in [3.05, 3.63) is 59.3 Å². The molecule has 0 bridgehead atoms. The summed E-state index contributed by atoms with van der Waals surface area (Å²) < 4.78 is 56.8. The lowest BCUT2D eigenvalue weighted by molar-refractivity contribution is -0.140. The Balaban J connectivity index is 2.41. The van der Waals surface area contributed by atoms with E-state index in [-0.39, 0.29) is 0 Å². The van der Waals surface area contributed by atoms with Crippen molar-refractivity contribution < 1.29 is 22.0 Å². The molecule has 1 aromatic carbocycles. The quantitative estimate of drug-likeness (QED) is 0.821. The van der Waals surface area contributed by atoms with Gasteiger partial charge in [0.1, 0.15) is 5.82 Å². The van der Waals surface area contributed by atoms with Crippen molar-refractivity contribution in [3.63, 3.8) is 0 Å². The summed E-state index contributed by atoms with van der Waals surface area (Å²) in [5.41, 5.74) is -0.214. The summed E-state index contributed by atoms with van der Waals surface area (Å²) in [5.74, 6) is -1.27. The molecule has 21 heavy (non-hydrogen) atoms. The lowest BCUT2D eigenvalue weighted by atomic mass is 9.98. The van der Waals surface area contributed by atoms with E-state index in [2.05, 4.69) is 5.32 Å². The molecule has 0 aliphatic rings. The highest BCUT2D eigenvalue weighted by atomic mass is 19.4. The monoisotopic (exact) mass is 301 g/mol. The number of nitrogens with one attached hydrogen (secondary N) is 1. The number of furan rings is 1. The van der Waals surface area contributed by atoms with Crippen LogP contribution in [0.4, 0.5) is 17.6 Å². The normalized spacial score (nSPS) is 13.4. The molecule has 114 valence electrons. The third kappa shape index (κ3) is 3.64. The Morgan fingerprint density at radius 1 is 1.19 bits per heavy atom. The molecule has 2 rings (SSSR count). The van der Waals surface area contributed by atoms with Crippen LogP contribution in [0.15, 0.2) is 41.2 Å². The van der Waals surface area contributed by atoms with Crippen molar-refractivity contribution in [2.45, 2.75) is 25.6 Å². The highest BCUT2D eigenvalue weighted by Gasteiger charge is 2.34. The first-order valence-electron chi connectivity index (χ1n) is 6.55. The smallest absolute Gasteiger partial charge is 0.419 e.